The lowest BCUT2D eigenvalue weighted by atomic mass is 9.97. The Morgan fingerprint density at radius 2 is 1.92 bits per heavy atom. The lowest BCUT2D eigenvalue weighted by Crippen LogP contribution is -2.55. The summed E-state index contributed by atoms with van der Waals surface area (Å²) in [5.74, 6) is 0.643. The monoisotopic (exact) mass is 363 g/mol. The first-order valence-corrected chi connectivity index (χ1v) is 8.76. The molecule has 2 fully saturated rings. The van der Waals surface area contributed by atoms with Gasteiger partial charge >= 0.3 is 0 Å². The van der Waals surface area contributed by atoms with Crippen LogP contribution in [0.3, 0.4) is 0 Å². The van der Waals surface area contributed by atoms with E-state index in [1.807, 2.05) is 0 Å². The number of methoxy groups -OCH3 is 2. The van der Waals surface area contributed by atoms with Crippen LogP contribution < -0.4 is 25.4 Å². The first-order valence-electron chi connectivity index (χ1n) is 8.76. The van der Waals surface area contributed by atoms with Gasteiger partial charge in [0.25, 0.3) is 5.91 Å². The Kier molecular flexibility index (Phi) is 5.95. The number of amides is 2. The average molecular weight is 363 g/mol. The molecular formula is C18H25N3O5. The van der Waals surface area contributed by atoms with Gasteiger partial charge in [0.15, 0.2) is 17.6 Å². The van der Waals surface area contributed by atoms with Crippen LogP contribution in [-0.2, 0) is 14.3 Å². The van der Waals surface area contributed by atoms with Crippen LogP contribution in [0.2, 0.25) is 0 Å². The van der Waals surface area contributed by atoms with Crippen molar-refractivity contribution in [1.29, 1.82) is 0 Å². The number of morpholine rings is 1. The SMILES string of the molecule is COc1ccc([C@H]2NC(=O)CO[C@@H]2C(=O)NC2CCNCC2)cc1OC. The molecule has 0 radical (unpaired) electrons. The van der Waals surface area contributed by atoms with E-state index in [0.29, 0.717) is 11.5 Å². The minimum atomic E-state index is -0.791. The average Bonchev–Trinajstić information content (AvgIpc) is 2.68. The number of benzene rings is 1. The summed E-state index contributed by atoms with van der Waals surface area (Å²) >= 11 is 0. The summed E-state index contributed by atoms with van der Waals surface area (Å²) in [6, 6.07) is 4.83. The highest BCUT2D eigenvalue weighted by molar-refractivity contribution is 5.86. The smallest absolute Gasteiger partial charge is 0.251 e. The van der Waals surface area contributed by atoms with E-state index >= 15 is 0 Å². The molecule has 3 N–H and O–H groups in total. The Morgan fingerprint density at radius 3 is 2.62 bits per heavy atom. The number of carbonyl (C=O) groups excluding carboxylic acids is 2. The molecule has 2 amide bonds. The Morgan fingerprint density at radius 1 is 1.19 bits per heavy atom. The largest absolute Gasteiger partial charge is 0.493 e. The van der Waals surface area contributed by atoms with Crippen LogP contribution in [-0.4, -0.2) is 57.9 Å². The van der Waals surface area contributed by atoms with Crippen LogP contribution in [0.25, 0.3) is 0 Å². The van der Waals surface area contributed by atoms with E-state index in [9.17, 15) is 9.59 Å². The van der Waals surface area contributed by atoms with Gasteiger partial charge in [0, 0.05) is 6.04 Å². The predicted octanol–water partition coefficient (Wildman–Crippen LogP) is 0.128. The second-order valence-corrected chi connectivity index (χ2v) is 6.42. The van der Waals surface area contributed by atoms with Crippen molar-refractivity contribution in [2.75, 3.05) is 33.9 Å². The second kappa shape index (κ2) is 8.37. The topological polar surface area (TPSA) is 97.9 Å². The zero-order valence-corrected chi connectivity index (χ0v) is 15.0. The Hall–Kier alpha value is -2.32. The molecule has 2 aliphatic rings. The molecule has 1 aromatic carbocycles. The summed E-state index contributed by atoms with van der Waals surface area (Å²) in [6.07, 6.45) is 0.971. The first kappa shape index (κ1) is 18.5. The molecule has 0 spiro atoms. The third-order valence-corrected chi connectivity index (χ3v) is 4.72. The molecule has 2 saturated heterocycles. The Labute approximate surface area is 152 Å². The Balaban J connectivity index is 1.79. The van der Waals surface area contributed by atoms with Gasteiger partial charge in [-0.3, -0.25) is 9.59 Å². The fourth-order valence-corrected chi connectivity index (χ4v) is 3.33. The number of rotatable bonds is 5. The molecule has 0 bridgehead atoms. The summed E-state index contributed by atoms with van der Waals surface area (Å²) in [5.41, 5.74) is 0.723. The van der Waals surface area contributed by atoms with Gasteiger partial charge in [0.05, 0.1) is 20.3 Å². The number of hydrogen-bond donors (Lipinski definition) is 3. The molecule has 2 heterocycles. The van der Waals surface area contributed by atoms with Crippen molar-refractivity contribution in [3.8, 4) is 11.5 Å². The number of carbonyl (C=O) groups is 2. The summed E-state index contributed by atoms with van der Waals surface area (Å²) in [6.45, 7) is 1.63. The van der Waals surface area contributed by atoms with E-state index in [1.54, 1.807) is 32.4 Å². The molecular weight excluding hydrogens is 338 g/mol. The fraction of sp³-hybridized carbons (Fsp3) is 0.556. The van der Waals surface area contributed by atoms with Crippen LogP contribution in [0.4, 0.5) is 0 Å². The second-order valence-electron chi connectivity index (χ2n) is 6.42. The molecule has 0 unspecified atom stereocenters. The van der Waals surface area contributed by atoms with Gasteiger partial charge in [-0.15, -0.1) is 0 Å². The van der Waals surface area contributed by atoms with Gasteiger partial charge in [0.2, 0.25) is 5.91 Å². The van der Waals surface area contributed by atoms with Crippen LogP contribution in [0, 0.1) is 0 Å². The van der Waals surface area contributed by atoms with Gasteiger partial charge in [-0.05, 0) is 43.6 Å². The third-order valence-electron chi connectivity index (χ3n) is 4.72. The molecule has 3 rings (SSSR count). The summed E-state index contributed by atoms with van der Waals surface area (Å²) in [4.78, 5) is 24.6. The lowest BCUT2D eigenvalue weighted by molar-refractivity contribution is -0.148. The molecule has 1 aromatic rings. The number of hydrogen-bond acceptors (Lipinski definition) is 6. The quantitative estimate of drug-likeness (QED) is 0.688. The maximum atomic E-state index is 12.8. The normalized spacial score (nSPS) is 23.8. The zero-order valence-electron chi connectivity index (χ0n) is 15.0. The van der Waals surface area contributed by atoms with Crippen LogP contribution in [0.15, 0.2) is 18.2 Å². The van der Waals surface area contributed by atoms with Crippen molar-refractivity contribution in [1.82, 2.24) is 16.0 Å². The molecule has 8 heteroatoms. The van der Waals surface area contributed by atoms with Gasteiger partial charge in [-0.25, -0.2) is 0 Å². The zero-order chi connectivity index (χ0) is 18.5. The molecule has 8 nitrogen and oxygen atoms in total. The van der Waals surface area contributed by atoms with Crippen molar-refractivity contribution >= 4 is 11.8 Å². The van der Waals surface area contributed by atoms with Gasteiger partial charge in [-0.2, -0.15) is 0 Å². The Bertz CT molecular complexity index is 660. The van der Waals surface area contributed by atoms with E-state index in [1.165, 1.54) is 0 Å². The maximum absolute atomic E-state index is 12.8. The standard InChI is InChI=1S/C18H25N3O5/c1-24-13-4-3-11(9-14(13)25-2)16-17(26-10-15(22)21-16)18(23)20-12-5-7-19-8-6-12/h3-4,9,12,16-17,19H,5-8,10H2,1-2H3,(H,20,23)(H,21,22)/t16-,17+/m1/s1. The summed E-state index contributed by atoms with van der Waals surface area (Å²) in [7, 11) is 3.09. The predicted molar refractivity (Wildman–Crippen MR) is 94.2 cm³/mol. The van der Waals surface area contributed by atoms with E-state index in [-0.39, 0.29) is 24.5 Å². The highest BCUT2D eigenvalue weighted by Gasteiger charge is 2.37. The highest BCUT2D eigenvalue weighted by Crippen LogP contribution is 2.32. The van der Waals surface area contributed by atoms with E-state index in [2.05, 4.69) is 16.0 Å². The molecule has 2 atom stereocenters. The molecule has 0 aromatic heterocycles. The fourth-order valence-electron chi connectivity index (χ4n) is 3.33. The van der Waals surface area contributed by atoms with E-state index in [4.69, 9.17) is 14.2 Å². The highest BCUT2D eigenvalue weighted by atomic mass is 16.5. The number of ether oxygens (including phenoxy) is 3. The molecule has 0 saturated carbocycles. The van der Waals surface area contributed by atoms with E-state index < -0.39 is 12.1 Å². The van der Waals surface area contributed by atoms with Crippen molar-refractivity contribution in [3.63, 3.8) is 0 Å². The molecule has 26 heavy (non-hydrogen) atoms. The van der Waals surface area contributed by atoms with Crippen molar-refractivity contribution < 1.29 is 23.8 Å². The molecule has 142 valence electrons. The van der Waals surface area contributed by atoms with Crippen molar-refractivity contribution in [2.24, 2.45) is 0 Å². The van der Waals surface area contributed by atoms with Gasteiger partial charge < -0.3 is 30.2 Å². The summed E-state index contributed by atoms with van der Waals surface area (Å²) < 4.78 is 16.2. The minimum Gasteiger partial charge on any atom is -0.493 e. The first-order chi connectivity index (χ1) is 12.6. The van der Waals surface area contributed by atoms with Crippen LogP contribution in [0.5, 0.6) is 11.5 Å². The van der Waals surface area contributed by atoms with E-state index in [0.717, 1.165) is 31.5 Å². The maximum Gasteiger partial charge on any atom is 0.251 e. The number of piperidine rings is 1. The molecule has 0 aliphatic carbocycles. The third kappa shape index (κ3) is 4.08. The number of nitrogens with one attached hydrogen (secondary N) is 3. The lowest BCUT2D eigenvalue weighted by Gasteiger charge is -2.33. The van der Waals surface area contributed by atoms with Gasteiger partial charge in [0.1, 0.15) is 6.61 Å². The van der Waals surface area contributed by atoms with Crippen LogP contribution in [0.1, 0.15) is 24.4 Å². The molecule has 2 aliphatic heterocycles. The van der Waals surface area contributed by atoms with Crippen LogP contribution >= 0.6 is 0 Å². The van der Waals surface area contributed by atoms with Crippen molar-refractivity contribution in [2.45, 2.75) is 31.0 Å². The summed E-state index contributed by atoms with van der Waals surface area (Å²) in [5, 5.41) is 9.17. The minimum absolute atomic E-state index is 0.121. The van der Waals surface area contributed by atoms with Gasteiger partial charge in [-0.1, -0.05) is 6.07 Å². The van der Waals surface area contributed by atoms with Crippen molar-refractivity contribution in [3.05, 3.63) is 23.8 Å².